The van der Waals surface area contributed by atoms with Crippen molar-refractivity contribution < 1.29 is 13.2 Å². The van der Waals surface area contributed by atoms with Crippen LogP contribution in [0.25, 0.3) is 0 Å². The summed E-state index contributed by atoms with van der Waals surface area (Å²) in [5, 5.41) is 5.95. The molecule has 1 heterocycles. The smallest absolute Gasteiger partial charge is 0.249 e. The molecule has 0 bridgehead atoms. The van der Waals surface area contributed by atoms with E-state index in [4.69, 9.17) is 9.88 Å². The Morgan fingerprint density at radius 3 is 2.82 bits per heavy atom. The number of thiazole rings is 1. The minimum atomic E-state index is -3.71. The van der Waals surface area contributed by atoms with Crippen LogP contribution in [0.3, 0.4) is 0 Å². The van der Waals surface area contributed by atoms with Crippen molar-refractivity contribution in [3.63, 3.8) is 0 Å². The molecule has 0 saturated heterocycles. The first-order valence-electron chi connectivity index (χ1n) is 7.31. The summed E-state index contributed by atoms with van der Waals surface area (Å²) in [4.78, 5) is 6.52. The van der Waals surface area contributed by atoms with Gasteiger partial charge in [0.2, 0.25) is 10.0 Å². The molecule has 1 aliphatic rings. The number of nitrogens with two attached hydrogens (primary N) is 1. The van der Waals surface area contributed by atoms with E-state index < -0.39 is 10.0 Å². The van der Waals surface area contributed by atoms with Crippen molar-refractivity contribution in [2.24, 2.45) is 11.1 Å². The zero-order valence-electron chi connectivity index (χ0n) is 13.0. The van der Waals surface area contributed by atoms with Crippen molar-refractivity contribution in [3.05, 3.63) is 17.8 Å². The van der Waals surface area contributed by atoms with Crippen LogP contribution in [0, 0.1) is 12.8 Å². The van der Waals surface area contributed by atoms with E-state index in [1.54, 1.807) is 14.0 Å². The Hall–Kier alpha value is -0.960. The number of methoxy groups -OCH3 is 1. The standard InChI is InChI=1S/C14H23N3O3S2/c1-11-13(22(15,18)19)21-14(16-11)17(8-9-20-2)10-12-6-4-3-5-7-12/h3-4,12H,5-10H2,1-2H3,(H2,15,18,19)/t12-/m0/s1. The van der Waals surface area contributed by atoms with Crippen molar-refractivity contribution in [2.75, 3.05) is 31.7 Å². The lowest BCUT2D eigenvalue weighted by molar-refractivity contribution is 0.204. The van der Waals surface area contributed by atoms with Crippen LogP contribution in [0.5, 0.6) is 0 Å². The number of ether oxygens (including phenoxy) is 1. The summed E-state index contributed by atoms with van der Waals surface area (Å²) in [7, 11) is -2.06. The lowest BCUT2D eigenvalue weighted by atomic mass is 9.94. The van der Waals surface area contributed by atoms with Crippen LogP contribution < -0.4 is 10.0 Å². The second-order valence-electron chi connectivity index (χ2n) is 5.50. The SMILES string of the molecule is COCCN(C[C@H]1CC=CCC1)c1nc(C)c(S(N)(=O)=O)s1. The van der Waals surface area contributed by atoms with Gasteiger partial charge in [0.25, 0.3) is 0 Å². The van der Waals surface area contributed by atoms with Gasteiger partial charge in [-0.2, -0.15) is 0 Å². The van der Waals surface area contributed by atoms with Crippen molar-refractivity contribution >= 4 is 26.5 Å². The van der Waals surface area contributed by atoms with Crippen molar-refractivity contribution in [2.45, 2.75) is 30.4 Å². The molecular formula is C14H23N3O3S2. The summed E-state index contributed by atoms with van der Waals surface area (Å²) in [6, 6.07) is 0. The van der Waals surface area contributed by atoms with Gasteiger partial charge in [-0.25, -0.2) is 18.5 Å². The fourth-order valence-corrected chi connectivity index (χ4v) is 4.55. The predicted octanol–water partition coefficient (Wildman–Crippen LogP) is 1.91. The number of anilines is 1. The number of allylic oxidation sites excluding steroid dienone is 2. The van der Waals surface area contributed by atoms with Crippen LogP contribution in [-0.2, 0) is 14.8 Å². The molecule has 1 atom stereocenters. The third-order valence-electron chi connectivity index (χ3n) is 3.69. The summed E-state index contributed by atoms with van der Waals surface area (Å²) in [5.41, 5.74) is 0.466. The molecule has 6 nitrogen and oxygen atoms in total. The average molecular weight is 345 g/mol. The summed E-state index contributed by atoms with van der Waals surface area (Å²) in [6.45, 7) is 3.79. The Balaban J connectivity index is 2.19. The molecule has 0 aliphatic heterocycles. The normalized spacial score (nSPS) is 18.6. The Morgan fingerprint density at radius 1 is 1.50 bits per heavy atom. The molecular weight excluding hydrogens is 322 g/mol. The highest BCUT2D eigenvalue weighted by atomic mass is 32.2. The number of primary sulfonamides is 1. The van der Waals surface area contributed by atoms with Gasteiger partial charge in [0.05, 0.1) is 12.3 Å². The summed E-state index contributed by atoms with van der Waals surface area (Å²) in [5.74, 6) is 0.559. The minimum Gasteiger partial charge on any atom is -0.383 e. The largest absolute Gasteiger partial charge is 0.383 e. The number of sulfonamides is 1. The van der Waals surface area contributed by atoms with Crippen LogP contribution >= 0.6 is 11.3 Å². The highest BCUT2D eigenvalue weighted by molar-refractivity contribution is 7.91. The van der Waals surface area contributed by atoms with Crippen molar-refractivity contribution in [3.8, 4) is 0 Å². The molecule has 124 valence electrons. The van der Waals surface area contributed by atoms with E-state index in [9.17, 15) is 8.42 Å². The van der Waals surface area contributed by atoms with Crippen LogP contribution in [0.15, 0.2) is 16.4 Å². The fourth-order valence-electron chi connectivity index (χ4n) is 2.57. The molecule has 8 heteroatoms. The summed E-state index contributed by atoms with van der Waals surface area (Å²) >= 11 is 1.14. The zero-order valence-corrected chi connectivity index (χ0v) is 14.6. The van der Waals surface area contributed by atoms with Gasteiger partial charge in [0.15, 0.2) is 9.34 Å². The maximum Gasteiger partial charge on any atom is 0.249 e. The maximum absolute atomic E-state index is 11.6. The number of hydrogen-bond donors (Lipinski definition) is 1. The van der Waals surface area contributed by atoms with E-state index in [2.05, 4.69) is 22.0 Å². The number of aryl methyl sites for hydroxylation is 1. The van der Waals surface area contributed by atoms with Crippen LogP contribution in [0.2, 0.25) is 0 Å². The Morgan fingerprint density at radius 2 is 2.27 bits per heavy atom. The van der Waals surface area contributed by atoms with Crippen LogP contribution in [0.1, 0.15) is 25.0 Å². The second kappa shape index (κ2) is 7.54. The maximum atomic E-state index is 11.6. The lowest BCUT2D eigenvalue weighted by Crippen LogP contribution is -2.32. The Kier molecular flexibility index (Phi) is 5.96. The summed E-state index contributed by atoms with van der Waals surface area (Å²) in [6.07, 6.45) is 7.72. The highest BCUT2D eigenvalue weighted by Gasteiger charge is 2.23. The first kappa shape index (κ1) is 17.4. The number of aromatic nitrogens is 1. The van der Waals surface area contributed by atoms with E-state index in [1.165, 1.54) is 0 Å². The minimum absolute atomic E-state index is 0.147. The molecule has 2 N–H and O–H groups in total. The molecule has 1 aliphatic carbocycles. The zero-order chi connectivity index (χ0) is 16.2. The summed E-state index contributed by atoms with van der Waals surface area (Å²) < 4.78 is 28.5. The number of rotatable bonds is 7. The van der Waals surface area contributed by atoms with E-state index in [0.717, 1.165) is 37.1 Å². The van der Waals surface area contributed by atoms with Gasteiger partial charge in [-0.1, -0.05) is 23.5 Å². The molecule has 1 aromatic rings. The van der Waals surface area contributed by atoms with E-state index in [1.807, 2.05) is 0 Å². The molecule has 0 unspecified atom stereocenters. The quantitative estimate of drug-likeness (QED) is 0.763. The Labute approximate surface area is 136 Å². The van der Waals surface area contributed by atoms with Crippen molar-refractivity contribution in [1.82, 2.24) is 4.98 Å². The van der Waals surface area contributed by atoms with E-state index in [0.29, 0.717) is 29.9 Å². The predicted molar refractivity (Wildman–Crippen MR) is 88.8 cm³/mol. The molecule has 0 amide bonds. The number of nitrogens with zero attached hydrogens (tertiary/aromatic N) is 2. The van der Waals surface area contributed by atoms with Gasteiger partial charge in [0, 0.05) is 20.2 Å². The molecule has 0 radical (unpaired) electrons. The molecule has 0 spiro atoms. The molecule has 2 rings (SSSR count). The molecule has 0 saturated carbocycles. The fraction of sp³-hybridized carbons (Fsp3) is 0.643. The highest BCUT2D eigenvalue weighted by Crippen LogP contribution is 2.30. The molecule has 0 fully saturated rings. The van der Waals surface area contributed by atoms with E-state index >= 15 is 0 Å². The van der Waals surface area contributed by atoms with Gasteiger partial charge in [-0.3, -0.25) is 0 Å². The monoisotopic (exact) mass is 345 g/mol. The average Bonchev–Trinajstić information content (AvgIpc) is 2.86. The third kappa shape index (κ3) is 4.52. The van der Waals surface area contributed by atoms with Gasteiger partial charge in [-0.15, -0.1) is 0 Å². The Bertz CT molecular complexity index is 625. The van der Waals surface area contributed by atoms with Crippen LogP contribution in [-0.4, -0.2) is 40.2 Å². The first-order valence-corrected chi connectivity index (χ1v) is 9.67. The first-order chi connectivity index (χ1) is 10.4. The van der Waals surface area contributed by atoms with Gasteiger partial charge >= 0.3 is 0 Å². The van der Waals surface area contributed by atoms with E-state index in [-0.39, 0.29) is 4.21 Å². The molecule has 1 aromatic heterocycles. The topological polar surface area (TPSA) is 85.5 Å². The van der Waals surface area contributed by atoms with Gasteiger partial charge in [0.1, 0.15) is 0 Å². The third-order valence-corrected chi connectivity index (χ3v) is 6.47. The number of hydrogen-bond acceptors (Lipinski definition) is 6. The van der Waals surface area contributed by atoms with Gasteiger partial charge < -0.3 is 9.64 Å². The molecule has 22 heavy (non-hydrogen) atoms. The van der Waals surface area contributed by atoms with Gasteiger partial charge in [-0.05, 0) is 32.1 Å². The van der Waals surface area contributed by atoms with Crippen molar-refractivity contribution in [1.29, 1.82) is 0 Å². The lowest BCUT2D eigenvalue weighted by Gasteiger charge is -2.27. The molecule has 0 aromatic carbocycles. The second-order valence-corrected chi connectivity index (χ2v) is 8.24. The van der Waals surface area contributed by atoms with Crippen LogP contribution in [0.4, 0.5) is 5.13 Å².